The van der Waals surface area contributed by atoms with E-state index < -0.39 is 5.60 Å². The van der Waals surface area contributed by atoms with Crippen molar-refractivity contribution in [2.24, 2.45) is 0 Å². The van der Waals surface area contributed by atoms with Crippen molar-refractivity contribution in [3.8, 4) is 0 Å². The number of hydrogen-bond donors (Lipinski definition) is 1. The molecule has 6 nitrogen and oxygen atoms in total. The number of amides is 1. The highest BCUT2D eigenvalue weighted by atomic mass is 16.5. The van der Waals surface area contributed by atoms with Crippen LogP contribution in [-0.4, -0.2) is 72.4 Å². The Morgan fingerprint density at radius 2 is 2.04 bits per heavy atom. The van der Waals surface area contributed by atoms with Gasteiger partial charge in [-0.25, -0.2) is 0 Å². The highest BCUT2D eigenvalue weighted by Crippen LogP contribution is 2.26. The van der Waals surface area contributed by atoms with Crippen molar-refractivity contribution in [1.29, 1.82) is 0 Å². The zero-order chi connectivity index (χ0) is 17.4. The molecule has 134 valence electrons. The van der Waals surface area contributed by atoms with Crippen molar-refractivity contribution >= 4 is 16.9 Å². The van der Waals surface area contributed by atoms with Crippen molar-refractivity contribution in [3.05, 3.63) is 35.6 Å². The van der Waals surface area contributed by atoms with Crippen LogP contribution in [0.2, 0.25) is 0 Å². The average molecular weight is 344 g/mol. The minimum absolute atomic E-state index is 0.0290. The van der Waals surface area contributed by atoms with Gasteiger partial charge in [-0.2, -0.15) is 0 Å². The lowest BCUT2D eigenvalue weighted by Crippen LogP contribution is -2.49. The predicted octanol–water partition coefficient (Wildman–Crippen LogP) is 1.65. The maximum atomic E-state index is 12.8. The first-order chi connectivity index (χ1) is 12.0. The third-order valence-corrected chi connectivity index (χ3v) is 5.13. The van der Waals surface area contributed by atoms with E-state index in [2.05, 4.69) is 4.90 Å². The third kappa shape index (κ3) is 3.42. The smallest absolute Gasteiger partial charge is 0.253 e. The lowest BCUT2D eigenvalue weighted by Gasteiger charge is -2.33. The number of carbonyl (C=O) groups is 1. The maximum Gasteiger partial charge on any atom is 0.253 e. The van der Waals surface area contributed by atoms with Gasteiger partial charge in [0.25, 0.3) is 5.91 Å². The summed E-state index contributed by atoms with van der Waals surface area (Å²) in [6, 6.07) is 7.44. The Morgan fingerprint density at radius 1 is 1.24 bits per heavy atom. The highest BCUT2D eigenvalue weighted by molar-refractivity contribution is 5.98. The van der Waals surface area contributed by atoms with Gasteiger partial charge >= 0.3 is 0 Å². The lowest BCUT2D eigenvalue weighted by molar-refractivity contribution is -0.0257. The topological polar surface area (TPSA) is 66.2 Å². The number of morpholine rings is 1. The van der Waals surface area contributed by atoms with Crippen molar-refractivity contribution in [2.75, 3.05) is 45.9 Å². The highest BCUT2D eigenvalue weighted by Gasteiger charge is 2.39. The van der Waals surface area contributed by atoms with E-state index in [9.17, 15) is 9.90 Å². The number of β-amino-alcohol motifs (C(OH)–C–C–N with tert-alkyl or cyclic N) is 1. The van der Waals surface area contributed by atoms with Gasteiger partial charge in [-0.05, 0) is 37.6 Å². The molecule has 1 unspecified atom stereocenters. The Kier molecular flexibility index (Phi) is 4.27. The van der Waals surface area contributed by atoms with E-state index >= 15 is 0 Å². The molecule has 2 aromatic rings. The van der Waals surface area contributed by atoms with Crippen molar-refractivity contribution in [2.45, 2.75) is 18.9 Å². The van der Waals surface area contributed by atoms with Gasteiger partial charge in [-0.3, -0.25) is 9.69 Å². The number of fused-ring (bicyclic) bond motifs is 1. The summed E-state index contributed by atoms with van der Waals surface area (Å²) in [4.78, 5) is 16.8. The zero-order valence-electron chi connectivity index (χ0n) is 14.5. The van der Waals surface area contributed by atoms with E-state index in [0.717, 1.165) is 29.8 Å². The standard InChI is InChI=1S/C19H24N2O4/c1-14-10-16-11-15(2-3-17(16)25-14)18(22)21-5-4-19(23,13-21)12-20-6-8-24-9-7-20/h2-3,10-11,23H,4-9,12-13H2,1H3. The van der Waals surface area contributed by atoms with Gasteiger partial charge in [0.1, 0.15) is 11.3 Å². The molecule has 0 saturated carbocycles. The molecule has 0 bridgehead atoms. The molecule has 1 N–H and O–H groups in total. The summed E-state index contributed by atoms with van der Waals surface area (Å²) >= 11 is 0. The number of nitrogens with zero attached hydrogens (tertiary/aromatic N) is 2. The Labute approximate surface area is 146 Å². The number of aryl methyl sites for hydroxylation is 1. The lowest BCUT2D eigenvalue weighted by atomic mass is 10.0. The molecule has 6 heteroatoms. The van der Waals surface area contributed by atoms with Crippen LogP contribution in [0.3, 0.4) is 0 Å². The molecule has 0 aliphatic carbocycles. The van der Waals surface area contributed by atoms with Crippen LogP contribution in [0.15, 0.2) is 28.7 Å². The number of furan rings is 1. The summed E-state index contributed by atoms with van der Waals surface area (Å²) in [6.07, 6.45) is 0.614. The van der Waals surface area contributed by atoms with Gasteiger partial charge in [0.15, 0.2) is 0 Å². The number of hydrogen-bond acceptors (Lipinski definition) is 5. The SMILES string of the molecule is Cc1cc2cc(C(=O)N3CCC(O)(CN4CCOCC4)C3)ccc2o1. The van der Waals surface area contributed by atoms with Gasteiger partial charge < -0.3 is 19.2 Å². The van der Waals surface area contributed by atoms with Crippen molar-refractivity contribution in [1.82, 2.24) is 9.80 Å². The fourth-order valence-electron chi connectivity index (χ4n) is 3.83. The maximum absolute atomic E-state index is 12.8. The van der Waals surface area contributed by atoms with E-state index in [1.54, 1.807) is 11.0 Å². The normalized spacial score (nSPS) is 25.0. The van der Waals surface area contributed by atoms with E-state index in [4.69, 9.17) is 9.15 Å². The third-order valence-electron chi connectivity index (χ3n) is 5.13. The van der Waals surface area contributed by atoms with Gasteiger partial charge in [-0.15, -0.1) is 0 Å². The summed E-state index contributed by atoms with van der Waals surface area (Å²) in [5.41, 5.74) is 0.604. The first-order valence-electron chi connectivity index (χ1n) is 8.84. The van der Waals surface area contributed by atoms with Gasteiger partial charge in [0.2, 0.25) is 0 Å². The minimum Gasteiger partial charge on any atom is -0.461 e. The van der Waals surface area contributed by atoms with Gasteiger partial charge in [0, 0.05) is 37.1 Å². The monoisotopic (exact) mass is 344 g/mol. The van der Waals surface area contributed by atoms with E-state index in [1.807, 2.05) is 25.1 Å². The molecular weight excluding hydrogens is 320 g/mol. The first kappa shape index (κ1) is 16.6. The molecule has 3 heterocycles. The fourth-order valence-corrected chi connectivity index (χ4v) is 3.83. The number of likely N-dealkylation sites (tertiary alicyclic amines) is 1. The summed E-state index contributed by atoms with van der Waals surface area (Å²) in [6.45, 7) is 6.56. The molecule has 1 aromatic heterocycles. The molecule has 0 radical (unpaired) electrons. The van der Waals surface area contributed by atoms with Crippen LogP contribution in [0.5, 0.6) is 0 Å². The number of benzene rings is 1. The predicted molar refractivity (Wildman–Crippen MR) is 93.7 cm³/mol. The molecular formula is C19H24N2O4. The molecule has 2 aliphatic heterocycles. The van der Waals surface area contributed by atoms with Crippen LogP contribution < -0.4 is 0 Å². The van der Waals surface area contributed by atoms with Crippen LogP contribution >= 0.6 is 0 Å². The van der Waals surface area contributed by atoms with Crippen LogP contribution in [0, 0.1) is 6.92 Å². The summed E-state index contributed by atoms with van der Waals surface area (Å²) < 4.78 is 10.9. The van der Waals surface area contributed by atoms with Gasteiger partial charge in [0.05, 0.1) is 25.4 Å². The second-order valence-electron chi connectivity index (χ2n) is 7.20. The van der Waals surface area contributed by atoms with E-state index in [0.29, 0.717) is 44.8 Å². The molecule has 1 aromatic carbocycles. The van der Waals surface area contributed by atoms with E-state index in [1.165, 1.54) is 0 Å². The zero-order valence-corrected chi connectivity index (χ0v) is 14.5. The number of aliphatic hydroxyl groups is 1. The van der Waals surface area contributed by atoms with Crippen LogP contribution in [0.1, 0.15) is 22.5 Å². The molecule has 0 spiro atoms. The van der Waals surface area contributed by atoms with Crippen molar-refractivity contribution < 1.29 is 19.1 Å². The number of rotatable bonds is 3. The Hall–Kier alpha value is -1.89. The Bertz CT molecular complexity index is 781. The minimum atomic E-state index is -0.830. The summed E-state index contributed by atoms with van der Waals surface area (Å²) in [5.74, 6) is 0.805. The van der Waals surface area contributed by atoms with Crippen LogP contribution in [-0.2, 0) is 4.74 Å². The first-order valence-corrected chi connectivity index (χ1v) is 8.84. The fraction of sp³-hybridized carbons (Fsp3) is 0.526. The second-order valence-corrected chi connectivity index (χ2v) is 7.20. The molecule has 1 amide bonds. The Morgan fingerprint density at radius 3 is 2.84 bits per heavy atom. The number of ether oxygens (including phenoxy) is 1. The van der Waals surface area contributed by atoms with Crippen LogP contribution in [0.4, 0.5) is 0 Å². The van der Waals surface area contributed by atoms with Crippen molar-refractivity contribution in [3.63, 3.8) is 0 Å². The molecule has 2 aliphatic rings. The van der Waals surface area contributed by atoms with Gasteiger partial charge in [-0.1, -0.05) is 0 Å². The molecule has 1 atom stereocenters. The van der Waals surface area contributed by atoms with Crippen LogP contribution in [0.25, 0.3) is 11.0 Å². The summed E-state index contributed by atoms with van der Waals surface area (Å²) in [7, 11) is 0. The largest absolute Gasteiger partial charge is 0.461 e. The van der Waals surface area contributed by atoms with E-state index in [-0.39, 0.29) is 5.91 Å². The number of carbonyl (C=O) groups excluding carboxylic acids is 1. The molecule has 25 heavy (non-hydrogen) atoms. The average Bonchev–Trinajstić information content (AvgIpc) is 3.16. The summed E-state index contributed by atoms with van der Waals surface area (Å²) in [5, 5.41) is 11.8. The molecule has 2 saturated heterocycles. The molecule has 2 fully saturated rings. The molecule has 4 rings (SSSR count). The Balaban J connectivity index is 1.45. The second kappa shape index (κ2) is 6.44. The quantitative estimate of drug-likeness (QED) is 0.917.